The van der Waals surface area contributed by atoms with Crippen LogP contribution in [0.4, 0.5) is 0 Å². The summed E-state index contributed by atoms with van der Waals surface area (Å²) in [5.74, 6) is 0. The molecule has 94 valence electrons. The summed E-state index contributed by atoms with van der Waals surface area (Å²) in [4.78, 5) is 13.2. The molecule has 0 saturated heterocycles. The summed E-state index contributed by atoms with van der Waals surface area (Å²) >= 11 is 6.19. The van der Waals surface area contributed by atoms with Crippen LogP contribution in [0, 0.1) is 13.8 Å². The lowest BCUT2D eigenvalue weighted by molar-refractivity contribution is 1.05. The Labute approximate surface area is 116 Å². The smallest absolute Gasteiger partial charge is 0.155 e. The van der Waals surface area contributed by atoms with Gasteiger partial charge in [0, 0.05) is 17.1 Å². The van der Waals surface area contributed by atoms with E-state index in [2.05, 4.69) is 15.0 Å². The second-order valence-corrected chi connectivity index (χ2v) is 4.81. The van der Waals surface area contributed by atoms with Crippen LogP contribution in [-0.2, 0) is 0 Å². The Hall–Kier alpha value is -2.00. The Morgan fingerprint density at radius 2 is 1.74 bits per heavy atom. The van der Waals surface area contributed by atoms with Gasteiger partial charge in [0.15, 0.2) is 5.15 Å². The molecule has 0 radical (unpaired) electrons. The number of halogens is 1. The first kappa shape index (κ1) is 12.1. The Morgan fingerprint density at radius 3 is 2.58 bits per heavy atom. The zero-order valence-corrected chi connectivity index (χ0v) is 11.4. The van der Waals surface area contributed by atoms with Gasteiger partial charge in [-0.3, -0.25) is 4.98 Å². The number of aromatic nitrogens is 3. The molecule has 2 heterocycles. The van der Waals surface area contributed by atoms with E-state index in [4.69, 9.17) is 11.6 Å². The van der Waals surface area contributed by atoms with E-state index in [1.165, 1.54) is 0 Å². The molecule has 2 aromatic heterocycles. The molecule has 3 aromatic rings. The average Bonchev–Trinajstić information content (AvgIpc) is 2.42. The van der Waals surface area contributed by atoms with Crippen LogP contribution in [0.15, 0.2) is 36.5 Å². The first-order chi connectivity index (χ1) is 9.15. The molecule has 0 amide bonds. The monoisotopic (exact) mass is 269 g/mol. The van der Waals surface area contributed by atoms with Gasteiger partial charge in [0.25, 0.3) is 0 Å². The average molecular weight is 270 g/mol. The molecule has 4 heteroatoms. The molecule has 0 saturated carbocycles. The van der Waals surface area contributed by atoms with Crippen LogP contribution in [0.2, 0.25) is 5.15 Å². The molecule has 0 bridgehead atoms. The van der Waals surface area contributed by atoms with Gasteiger partial charge in [-0.15, -0.1) is 0 Å². The fourth-order valence-electron chi connectivity index (χ4n) is 1.96. The summed E-state index contributed by atoms with van der Waals surface area (Å²) in [6, 6.07) is 9.99. The van der Waals surface area contributed by atoms with E-state index in [1.807, 2.05) is 44.2 Å². The van der Waals surface area contributed by atoms with Crippen LogP contribution < -0.4 is 0 Å². The van der Waals surface area contributed by atoms with Crippen LogP contribution in [0.3, 0.4) is 0 Å². The van der Waals surface area contributed by atoms with Crippen molar-refractivity contribution in [2.75, 3.05) is 0 Å². The van der Waals surface area contributed by atoms with Crippen molar-refractivity contribution in [2.24, 2.45) is 0 Å². The normalized spacial score (nSPS) is 10.9. The van der Waals surface area contributed by atoms with E-state index in [0.29, 0.717) is 10.8 Å². The number of rotatable bonds is 1. The maximum absolute atomic E-state index is 6.19. The number of pyridine rings is 1. The molecule has 0 aliphatic heterocycles. The second kappa shape index (κ2) is 4.59. The minimum absolute atomic E-state index is 0.417. The van der Waals surface area contributed by atoms with E-state index in [0.717, 1.165) is 27.9 Å². The van der Waals surface area contributed by atoms with Crippen molar-refractivity contribution in [3.63, 3.8) is 0 Å². The number of nitrogens with zero attached hydrogens (tertiary/aromatic N) is 3. The van der Waals surface area contributed by atoms with Crippen molar-refractivity contribution >= 4 is 22.5 Å². The van der Waals surface area contributed by atoms with E-state index in [9.17, 15) is 0 Å². The number of hydrogen-bond donors (Lipinski definition) is 0. The molecule has 0 aliphatic carbocycles. The first-order valence-electron chi connectivity index (χ1n) is 6.01. The number of fused-ring (bicyclic) bond motifs is 1. The molecule has 0 atom stereocenters. The van der Waals surface area contributed by atoms with Crippen LogP contribution in [0.1, 0.15) is 11.4 Å². The summed E-state index contributed by atoms with van der Waals surface area (Å²) in [6.07, 6.45) is 1.78. The van der Waals surface area contributed by atoms with Crippen LogP contribution in [-0.4, -0.2) is 15.0 Å². The highest BCUT2D eigenvalue weighted by atomic mass is 35.5. The standard InChI is InChI=1S/C15H12ClN3/c1-9-10(2)19-15(16)14(18-9)12-7-11-5-3-4-6-13(11)17-8-12/h3-8H,1-2H3. The largest absolute Gasteiger partial charge is 0.256 e. The van der Waals surface area contributed by atoms with Gasteiger partial charge in [-0.25, -0.2) is 9.97 Å². The summed E-state index contributed by atoms with van der Waals surface area (Å²) in [7, 11) is 0. The fourth-order valence-corrected chi connectivity index (χ4v) is 2.24. The van der Waals surface area contributed by atoms with Crippen LogP contribution in [0.5, 0.6) is 0 Å². The Balaban J connectivity index is 2.21. The summed E-state index contributed by atoms with van der Waals surface area (Å²) < 4.78 is 0. The molecule has 3 nitrogen and oxygen atoms in total. The highest BCUT2D eigenvalue weighted by Crippen LogP contribution is 2.27. The molecule has 0 aliphatic rings. The quantitative estimate of drug-likeness (QED) is 0.671. The van der Waals surface area contributed by atoms with Gasteiger partial charge >= 0.3 is 0 Å². The molecule has 19 heavy (non-hydrogen) atoms. The number of para-hydroxylation sites is 1. The maximum atomic E-state index is 6.19. The second-order valence-electron chi connectivity index (χ2n) is 4.45. The van der Waals surface area contributed by atoms with Crippen molar-refractivity contribution in [3.05, 3.63) is 53.1 Å². The lowest BCUT2D eigenvalue weighted by Gasteiger charge is -2.07. The van der Waals surface area contributed by atoms with Gasteiger partial charge in [-0.1, -0.05) is 29.8 Å². The van der Waals surface area contributed by atoms with Crippen molar-refractivity contribution in [2.45, 2.75) is 13.8 Å². The molecule has 3 rings (SSSR count). The number of benzene rings is 1. The van der Waals surface area contributed by atoms with E-state index >= 15 is 0 Å². The van der Waals surface area contributed by atoms with Crippen molar-refractivity contribution in [1.82, 2.24) is 15.0 Å². The summed E-state index contributed by atoms with van der Waals surface area (Å²) in [5, 5.41) is 1.48. The topological polar surface area (TPSA) is 38.7 Å². The molecule has 0 spiro atoms. The first-order valence-corrected chi connectivity index (χ1v) is 6.39. The van der Waals surface area contributed by atoms with Gasteiger partial charge < -0.3 is 0 Å². The van der Waals surface area contributed by atoms with Gasteiger partial charge in [0.2, 0.25) is 0 Å². The molecule has 0 fully saturated rings. The van der Waals surface area contributed by atoms with E-state index in [1.54, 1.807) is 6.20 Å². The minimum Gasteiger partial charge on any atom is -0.256 e. The zero-order valence-electron chi connectivity index (χ0n) is 10.7. The maximum Gasteiger partial charge on any atom is 0.155 e. The SMILES string of the molecule is Cc1nc(Cl)c(-c2cnc3ccccc3c2)nc1C. The van der Waals surface area contributed by atoms with Crippen LogP contribution >= 0.6 is 11.6 Å². The Morgan fingerprint density at radius 1 is 1.00 bits per heavy atom. The van der Waals surface area contributed by atoms with Crippen LogP contribution in [0.25, 0.3) is 22.2 Å². The number of aryl methyl sites for hydroxylation is 2. The Kier molecular flexibility index (Phi) is 2.91. The van der Waals surface area contributed by atoms with Gasteiger partial charge in [-0.05, 0) is 26.0 Å². The summed E-state index contributed by atoms with van der Waals surface area (Å²) in [6.45, 7) is 3.83. The molecular weight excluding hydrogens is 258 g/mol. The van der Waals surface area contributed by atoms with Crippen molar-refractivity contribution < 1.29 is 0 Å². The highest BCUT2D eigenvalue weighted by molar-refractivity contribution is 6.31. The fraction of sp³-hybridized carbons (Fsp3) is 0.133. The molecule has 0 N–H and O–H groups in total. The third-order valence-electron chi connectivity index (χ3n) is 3.13. The van der Waals surface area contributed by atoms with Gasteiger partial charge in [0.1, 0.15) is 5.69 Å². The van der Waals surface area contributed by atoms with Crippen molar-refractivity contribution in [1.29, 1.82) is 0 Å². The van der Waals surface area contributed by atoms with Gasteiger partial charge in [-0.2, -0.15) is 0 Å². The minimum atomic E-state index is 0.417. The van der Waals surface area contributed by atoms with Gasteiger partial charge in [0.05, 0.1) is 16.9 Å². The third-order valence-corrected chi connectivity index (χ3v) is 3.39. The third kappa shape index (κ3) is 2.17. The predicted octanol–water partition coefficient (Wildman–Crippen LogP) is 3.96. The lowest BCUT2D eigenvalue weighted by Crippen LogP contribution is -1.96. The molecule has 0 unspecified atom stereocenters. The van der Waals surface area contributed by atoms with Crippen molar-refractivity contribution in [3.8, 4) is 11.3 Å². The zero-order chi connectivity index (χ0) is 13.4. The molecule has 1 aromatic carbocycles. The lowest BCUT2D eigenvalue weighted by atomic mass is 10.1. The number of hydrogen-bond acceptors (Lipinski definition) is 3. The molecular formula is C15H12ClN3. The highest BCUT2D eigenvalue weighted by Gasteiger charge is 2.10. The predicted molar refractivity (Wildman–Crippen MR) is 77.3 cm³/mol. The summed E-state index contributed by atoms with van der Waals surface area (Å²) in [5.41, 5.74) is 4.26. The van der Waals surface area contributed by atoms with E-state index < -0.39 is 0 Å². The van der Waals surface area contributed by atoms with E-state index in [-0.39, 0.29) is 0 Å². The Bertz CT molecular complexity index is 768.